The average Bonchev–Trinajstić information content (AvgIpc) is 2.39. The van der Waals surface area contributed by atoms with Gasteiger partial charge in [0.15, 0.2) is 5.11 Å². The smallest absolute Gasteiger partial charge is 0.252 e. The van der Waals surface area contributed by atoms with E-state index in [1.54, 1.807) is 6.92 Å². The number of fused-ring (bicyclic) bond motifs is 1. The highest BCUT2D eigenvalue weighted by molar-refractivity contribution is 7.80. The molecule has 0 saturated heterocycles. The van der Waals surface area contributed by atoms with E-state index in [9.17, 15) is 4.79 Å². The fourth-order valence-electron chi connectivity index (χ4n) is 1.70. The number of nitrogens with one attached hydrogen (secondary N) is 2. The van der Waals surface area contributed by atoms with Crippen molar-refractivity contribution in [1.82, 2.24) is 5.32 Å². The summed E-state index contributed by atoms with van der Waals surface area (Å²) in [7, 11) is 0. The van der Waals surface area contributed by atoms with Crippen molar-refractivity contribution >= 4 is 39.7 Å². The van der Waals surface area contributed by atoms with E-state index in [1.807, 2.05) is 42.5 Å². The first kappa shape index (κ1) is 13.2. The van der Waals surface area contributed by atoms with Crippen molar-refractivity contribution in [2.24, 2.45) is 0 Å². The Hall–Kier alpha value is -2.20. The molecule has 0 bridgehead atoms. The summed E-state index contributed by atoms with van der Waals surface area (Å²) < 4.78 is 0. The van der Waals surface area contributed by atoms with E-state index in [-0.39, 0.29) is 11.0 Å². The zero-order chi connectivity index (χ0) is 13.8. The van der Waals surface area contributed by atoms with Gasteiger partial charge in [0.2, 0.25) is 0 Å². The van der Waals surface area contributed by atoms with Crippen LogP contribution in [0.1, 0.15) is 6.92 Å². The second kappa shape index (κ2) is 5.63. The molecule has 0 aliphatic rings. The summed E-state index contributed by atoms with van der Waals surface area (Å²) >= 11 is 5.11. The van der Waals surface area contributed by atoms with Gasteiger partial charge in [-0.1, -0.05) is 43.0 Å². The SMILES string of the molecule is C=C(C)C(=O)NC(=S)Nc1cccc2ccccc12. The largest absolute Gasteiger partial charge is 0.332 e. The zero-order valence-electron chi connectivity index (χ0n) is 10.6. The van der Waals surface area contributed by atoms with Gasteiger partial charge in [-0.2, -0.15) is 0 Å². The van der Waals surface area contributed by atoms with Gasteiger partial charge in [-0.15, -0.1) is 0 Å². The van der Waals surface area contributed by atoms with Crippen LogP contribution in [0.3, 0.4) is 0 Å². The second-order valence-electron chi connectivity index (χ2n) is 4.22. The molecule has 0 saturated carbocycles. The van der Waals surface area contributed by atoms with Gasteiger partial charge in [-0.3, -0.25) is 10.1 Å². The van der Waals surface area contributed by atoms with Crippen molar-refractivity contribution in [2.75, 3.05) is 5.32 Å². The summed E-state index contributed by atoms with van der Waals surface area (Å²) in [5.41, 5.74) is 1.28. The lowest BCUT2D eigenvalue weighted by Crippen LogP contribution is -2.34. The van der Waals surface area contributed by atoms with Crippen LogP contribution in [0.5, 0.6) is 0 Å². The van der Waals surface area contributed by atoms with Crippen LogP contribution in [0, 0.1) is 0 Å². The highest BCUT2D eigenvalue weighted by Gasteiger charge is 2.06. The molecule has 2 rings (SSSR count). The number of amides is 1. The molecule has 1 amide bonds. The topological polar surface area (TPSA) is 41.1 Å². The summed E-state index contributed by atoms with van der Waals surface area (Å²) in [4.78, 5) is 11.5. The van der Waals surface area contributed by atoms with Gasteiger partial charge in [0.05, 0.1) is 0 Å². The lowest BCUT2D eigenvalue weighted by Gasteiger charge is -2.11. The minimum Gasteiger partial charge on any atom is -0.332 e. The van der Waals surface area contributed by atoms with E-state index in [0.717, 1.165) is 16.5 Å². The predicted octanol–water partition coefficient (Wildman–Crippen LogP) is 3.23. The molecule has 0 aliphatic heterocycles. The van der Waals surface area contributed by atoms with Crippen LogP contribution in [0.4, 0.5) is 5.69 Å². The number of anilines is 1. The molecule has 2 aromatic carbocycles. The molecule has 2 N–H and O–H groups in total. The summed E-state index contributed by atoms with van der Waals surface area (Å²) in [5.74, 6) is -0.280. The molecule has 0 radical (unpaired) electrons. The normalized spacial score (nSPS) is 9.95. The molecule has 0 heterocycles. The van der Waals surface area contributed by atoms with Crippen molar-refractivity contribution in [3.05, 3.63) is 54.6 Å². The first-order valence-electron chi connectivity index (χ1n) is 5.83. The first-order valence-corrected chi connectivity index (χ1v) is 6.24. The van der Waals surface area contributed by atoms with Crippen molar-refractivity contribution in [1.29, 1.82) is 0 Å². The molecule has 3 nitrogen and oxygen atoms in total. The Morgan fingerprint density at radius 1 is 1.16 bits per heavy atom. The number of carbonyl (C=O) groups excluding carboxylic acids is 1. The Bertz CT molecular complexity index is 659. The van der Waals surface area contributed by atoms with Gasteiger partial charge < -0.3 is 5.32 Å². The molecular formula is C15H14N2OS. The maximum Gasteiger partial charge on any atom is 0.252 e. The third-order valence-corrected chi connectivity index (χ3v) is 2.86. The first-order chi connectivity index (χ1) is 9.08. The Labute approximate surface area is 117 Å². The fraction of sp³-hybridized carbons (Fsp3) is 0.0667. The van der Waals surface area contributed by atoms with Crippen LogP contribution in [0.15, 0.2) is 54.6 Å². The van der Waals surface area contributed by atoms with Gasteiger partial charge >= 0.3 is 0 Å². The number of hydrogen-bond acceptors (Lipinski definition) is 2. The Morgan fingerprint density at radius 2 is 1.84 bits per heavy atom. The number of hydrogen-bond donors (Lipinski definition) is 2. The van der Waals surface area contributed by atoms with E-state index in [2.05, 4.69) is 17.2 Å². The molecule has 19 heavy (non-hydrogen) atoms. The van der Waals surface area contributed by atoms with Gasteiger partial charge in [-0.25, -0.2) is 0 Å². The standard InChI is InChI=1S/C15H14N2OS/c1-10(2)14(18)17-15(19)16-13-9-5-7-11-6-3-4-8-12(11)13/h3-9H,1H2,2H3,(H2,16,17,18,19). The highest BCUT2D eigenvalue weighted by Crippen LogP contribution is 2.22. The maximum absolute atomic E-state index is 11.5. The van der Waals surface area contributed by atoms with Crippen LogP contribution in [0.25, 0.3) is 10.8 Å². The molecule has 0 aromatic heterocycles. The summed E-state index contributed by atoms with van der Waals surface area (Å²) in [5, 5.41) is 8.04. The van der Waals surface area contributed by atoms with Crippen molar-refractivity contribution in [3.63, 3.8) is 0 Å². The van der Waals surface area contributed by atoms with E-state index in [0.29, 0.717) is 5.57 Å². The molecule has 96 valence electrons. The third-order valence-electron chi connectivity index (χ3n) is 2.65. The summed E-state index contributed by atoms with van der Waals surface area (Å²) in [6.07, 6.45) is 0. The molecule has 0 unspecified atom stereocenters. The van der Waals surface area contributed by atoms with E-state index < -0.39 is 0 Å². The van der Waals surface area contributed by atoms with Crippen LogP contribution in [-0.4, -0.2) is 11.0 Å². The Balaban J connectivity index is 2.20. The van der Waals surface area contributed by atoms with Gasteiger partial charge in [0.25, 0.3) is 5.91 Å². The van der Waals surface area contributed by atoms with Crippen LogP contribution < -0.4 is 10.6 Å². The lowest BCUT2D eigenvalue weighted by molar-refractivity contribution is -0.116. The average molecular weight is 270 g/mol. The quantitative estimate of drug-likeness (QED) is 0.650. The molecular weight excluding hydrogens is 256 g/mol. The van der Waals surface area contributed by atoms with Crippen molar-refractivity contribution in [2.45, 2.75) is 6.92 Å². The lowest BCUT2D eigenvalue weighted by atomic mass is 10.1. The van der Waals surface area contributed by atoms with E-state index >= 15 is 0 Å². The van der Waals surface area contributed by atoms with Crippen LogP contribution >= 0.6 is 12.2 Å². The van der Waals surface area contributed by atoms with Crippen LogP contribution in [0.2, 0.25) is 0 Å². The van der Waals surface area contributed by atoms with Gasteiger partial charge in [-0.05, 0) is 30.6 Å². The minimum atomic E-state index is -0.280. The van der Waals surface area contributed by atoms with E-state index in [1.165, 1.54) is 0 Å². The number of benzene rings is 2. The predicted molar refractivity (Wildman–Crippen MR) is 83.1 cm³/mol. The minimum absolute atomic E-state index is 0.268. The Morgan fingerprint density at radius 3 is 2.58 bits per heavy atom. The van der Waals surface area contributed by atoms with Crippen LogP contribution in [-0.2, 0) is 4.79 Å². The molecule has 2 aromatic rings. The highest BCUT2D eigenvalue weighted by atomic mass is 32.1. The molecule has 0 spiro atoms. The third kappa shape index (κ3) is 3.17. The molecule has 0 atom stereocenters. The van der Waals surface area contributed by atoms with Gasteiger partial charge in [0.1, 0.15) is 0 Å². The second-order valence-corrected chi connectivity index (χ2v) is 4.62. The molecule has 0 fully saturated rings. The summed E-state index contributed by atoms with van der Waals surface area (Å²) in [6, 6.07) is 13.8. The molecule has 0 aliphatic carbocycles. The maximum atomic E-state index is 11.5. The van der Waals surface area contributed by atoms with Gasteiger partial charge in [0, 0.05) is 16.6 Å². The fourth-order valence-corrected chi connectivity index (χ4v) is 1.90. The van der Waals surface area contributed by atoms with Crippen molar-refractivity contribution in [3.8, 4) is 0 Å². The number of rotatable bonds is 2. The number of thiocarbonyl (C=S) groups is 1. The summed E-state index contributed by atoms with van der Waals surface area (Å²) in [6.45, 7) is 5.20. The monoisotopic (exact) mass is 270 g/mol. The van der Waals surface area contributed by atoms with E-state index in [4.69, 9.17) is 12.2 Å². The Kier molecular flexibility index (Phi) is 3.92. The molecule has 4 heteroatoms. The van der Waals surface area contributed by atoms with Crippen molar-refractivity contribution < 1.29 is 4.79 Å². The number of carbonyl (C=O) groups is 1. The zero-order valence-corrected chi connectivity index (χ0v) is 11.4.